The van der Waals surface area contributed by atoms with Gasteiger partial charge in [0.05, 0.1) is 17.5 Å². The van der Waals surface area contributed by atoms with Gasteiger partial charge in [-0.1, -0.05) is 37.5 Å². The Labute approximate surface area is 159 Å². The van der Waals surface area contributed by atoms with Gasteiger partial charge in [0.25, 0.3) is 11.5 Å². The SMILES string of the molecule is CC(C)n1nc(C(=O)NCCCOC2CCCCC2)c2ccccc2c1=O. The minimum absolute atomic E-state index is 0.113. The average molecular weight is 371 g/mol. The number of fused-ring (bicyclic) bond motifs is 1. The summed E-state index contributed by atoms with van der Waals surface area (Å²) in [5, 5.41) is 8.36. The lowest BCUT2D eigenvalue weighted by Gasteiger charge is -2.21. The van der Waals surface area contributed by atoms with Gasteiger partial charge in [-0.2, -0.15) is 5.10 Å². The van der Waals surface area contributed by atoms with Crippen molar-refractivity contribution in [2.24, 2.45) is 0 Å². The zero-order valence-corrected chi connectivity index (χ0v) is 16.2. The zero-order chi connectivity index (χ0) is 19.2. The van der Waals surface area contributed by atoms with Crippen molar-refractivity contribution >= 4 is 16.7 Å². The fourth-order valence-electron chi connectivity index (χ4n) is 3.56. The third kappa shape index (κ3) is 4.75. The van der Waals surface area contributed by atoms with E-state index in [0.29, 0.717) is 35.7 Å². The molecule has 3 rings (SSSR count). The summed E-state index contributed by atoms with van der Waals surface area (Å²) in [6.07, 6.45) is 7.28. The number of aromatic nitrogens is 2. The fraction of sp³-hybridized carbons (Fsp3) is 0.571. The summed E-state index contributed by atoms with van der Waals surface area (Å²) in [7, 11) is 0. The van der Waals surface area contributed by atoms with E-state index in [-0.39, 0.29) is 17.5 Å². The highest BCUT2D eigenvalue weighted by Gasteiger charge is 2.17. The Morgan fingerprint density at radius 3 is 2.63 bits per heavy atom. The normalized spacial score (nSPS) is 15.4. The number of benzene rings is 1. The van der Waals surface area contributed by atoms with Crippen LogP contribution in [0.15, 0.2) is 29.1 Å². The molecule has 0 bridgehead atoms. The van der Waals surface area contributed by atoms with Crippen LogP contribution < -0.4 is 10.9 Å². The molecule has 0 aliphatic heterocycles. The van der Waals surface area contributed by atoms with E-state index in [4.69, 9.17) is 4.74 Å². The van der Waals surface area contributed by atoms with Crippen LogP contribution in [0, 0.1) is 0 Å². The van der Waals surface area contributed by atoms with E-state index < -0.39 is 0 Å². The van der Waals surface area contributed by atoms with Gasteiger partial charge in [-0.3, -0.25) is 9.59 Å². The third-order valence-corrected chi connectivity index (χ3v) is 5.05. The van der Waals surface area contributed by atoms with Crippen molar-refractivity contribution < 1.29 is 9.53 Å². The predicted molar refractivity (Wildman–Crippen MR) is 106 cm³/mol. The molecule has 1 heterocycles. The summed E-state index contributed by atoms with van der Waals surface area (Å²) in [6, 6.07) is 7.02. The number of nitrogens with one attached hydrogen (secondary N) is 1. The number of amides is 1. The van der Waals surface area contributed by atoms with E-state index >= 15 is 0 Å². The van der Waals surface area contributed by atoms with Crippen molar-refractivity contribution in [1.82, 2.24) is 15.1 Å². The van der Waals surface area contributed by atoms with Gasteiger partial charge < -0.3 is 10.1 Å². The summed E-state index contributed by atoms with van der Waals surface area (Å²) in [4.78, 5) is 25.2. The van der Waals surface area contributed by atoms with Gasteiger partial charge in [-0.25, -0.2) is 4.68 Å². The van der Waals surface area contributed by atoms with Gasteiger partial charge in [0.2, 0.25) is 0 Å². The molecule has 1 saturated carbocycles. The smallest absolute Gasteiger partial charge is 0.274 e. The van der Waals surface area contributed by atoms with Gasteiger partial charge in [-0.05, 0) is 39.2 Å². The van der Waals surface area contributed by atoms with Crippen LogP contribution in [-0.4, -0.2) is 34.9 Å². The average Bonchev–Trinajstić information content (AvgIpc) is 2.68. The van der Waals surface area contributed by atoms with Crippen molar-refractivity contribution in [3.8, 4) is 0 Å². The number of ether oxygens (including phenoxy) is 1. The van der Waals surface area contributed by atoms with E-state index in [1.54, 1.807) is 18.2 Å². The fourth-order valence-corrected chi connectivity index (χ4v) is 3.56. The summed E-state index contributed by atoms with van der Waals surface area (Å²) >= 11 is 0. The molecule has 1 amide bonds. The molecule has 1 aliphatic rings. The van der Waals surface area contributed by atoms with Crippen molar-refractivity contribution in [1.29, 1.82) is 0 Å². The Balaban J connectivity index is 1.63. The third-order valence-electron chi connectivity index (χ3n) is 5.05. The minimum atomic E-state index is -0.252. The van der Waals surface area contributed by atoms with Gasteiger partial charge in [0, 0.05) is 18.5 Å². The molecule has 1 aromatic heterocycles. The monoisotopic (exact) mass is 371 g/mol. The topological polar surface area (TPSA) is 73.2 Å². The van der Waals surface area contributed by atoms with Crippen LogP contribution in [-0.2, 0) is 4.74 Å². The van der Waals surface area contributed by atoms with E-state index in [9.17, 15) is 9.59 Å². The summed E-state index contributed by atoms with van der Waals surface area (Å²) in [6.45, 7) is 4.95. The molecule has 0 spiro atoms. The van der Waals surface area contributed by atoms with Crippen LogP contribution in [0.2, 0.25) is 0 Å². The molecule has 0 unspecified atom stereocenters. The molecule has 1 fully saturated rings. The Bertz CT molecular complexity index is 838. The maximum atomic E-state index is 12.7. The molecule has 6 heteroatoms. The standard InChI is InChI=1S/C21H29N3O3/c1-15(2)24-21(26)18-12-7-6-11-17(18)19(23-24)20(25)22-13-8-14-27-16-9-4-3-5-10-16/h6-7,11-12,15-16H,3-5,8-10,13-14H2,1-2H3,(H,22,25). The Kier molecular flexibility index (Phi) is 6.61. The lowest BCUT2D eigenvalue weighted by molar-refractivity contribution is 0.0273. The van der Waals surface area contributed by atoms with Gasteiger partial charge in [0.15, 0.2) is 5.69 Å². The van der Waals surface area contributed by atoms with E-state index in [0.717, 1.165) is 19.3 Å². The van der Waals surface area contributed by atoms with Gasteiger partial charge >= 0.3 is 0 Å². The van der Waals surface area contributed by atoms with Crippen molar-refractivity contribution in [3.63, 3.8) is 0 Å². The van der Waals surface area contributed by atoms with Crippen molar-refractivity contribution in [2.45, 2.75) is 64.5 Å². The molecule has 1 N–H and O–H groups in total. The zero-order valence-electron chi connectivity index (χ0n) is 16.2. The first-order valence-corrected chi connectivity index (χ1v) is 9.99. The van der Waals surface area contributed by atoms with Crippen LogP contribution in [0.4, 0.5) is 0 Å². The molecule has 2 aromatic rings. The molecular formula is C21H29N3O3. The first kappa shape index (κ1) is 19.5. The lowest BCUT2D eigenvalue weighted by atomic mass is 9.98. The second-order valence-electron chi connectivity index (χ2n) is 7.48. The molecule has 0 radical (unpaired) electrons. The van der Waals surface area contributed by atoms with Gasteiger partial charge in [-0.15, -0.1) is 0 Å². The first-order chi connectivity index (χ1) is 13.1. The quantitative estimate of drug-likeness (QED) is 0.757. The molecular weight excluding hydrogens is 342 g/mol. The maximum Gasteiger partial charge on any atom is 0.274 e. The predicted octanol–water partition coefficient (Wildman–Crippen LogP) is 3.45. The molecule has 1 aliphatic carbocycles. The molecule has 1 aromatic carbocycles. The number of rotatable bonds is 7. The number of nitrogens with zero attached hydrogens (tertiary/aromatic N) is 2. The molecule has 6 nitrogen and oxygen atoms in total. The highest BCUT2D eigenvalue weighted by Crippen LogP contribution is 2.20. The number of hydrogen-bond donors (Lipinski definition) is 1. The molecule has 27 heavy (non-hydrogen) atoms. The summed E-state index contributed by atoms with van der Waals surface area (Å²) in [5.41, 5.74) is 0.130. The Morgan fingerprint density at radius 1 is 1.22 bits per heavy atom. The number of carbonyl (C=O) groups excluding carboxylic acids is 1. The molecule has 146 valence electrons. The second kappa shape index (κ2) is 9.13. The largest absolute Gasteiger partial charge is 0.378 e. The maximum absolute atomic E-state index is 12.7. The molecule has 0 saturated heterocycles. The highest BCUT2D eigenvalue weighted by molar-refractivity contribution is 6.04. The van der Waals surface area contributed by atoms with E-state index in [1.807, 2.05) is 19.9 Å². The molecule has 0 atom stereocenters. The number of carbonyl (C=O) groups is 1. The Hall–Kier alpha value is -2.21. The van der Waals surface area contributed by atoms with E-state index in [2.05, 4.69) is 10.4 Å². The number of hydrogen-bond acceptors (Lipinski definition) is 4. The van der Waals surface area contributed by atoms with Crippen LogP contribution in [0.5, 0.6) is 0 Å². The summed E-state index contributed by atoms with van der Waals surface area (Å²) < 4.78 is 7.27. The van der Waals surface area contributed by atoms with Crippen LogP contribution in [0.1, 0.15) is 68.9 Å². The Morgan fingerprint density at radius 2 is 1.93 bits per heavy atom. The van der Waals surface area contributed by atoms with Crippen LogP contribution in [0.25, 0.3) is 10.8 Å². The highest BCUT2D eigenvalue weighted by atomic mass is 16.5. The summed E-state index contributed by atoms with van der Waals surface area (Å²) in [5.74, 6) is -0.252. The van der Waals surface area contributed by atoms with Crippen molar-refractivity contribution in [3.05, 3.63) is 40.3 Å². The first-order valence-electron chi connectivity index (χ1n) is 9.99. The van der Waals surface area contributed by atoms with Crippen molar-refractivity contribution in [2.75, 3.05) is 13.2 Å². The van der Waals surface area contributed by atoms with Gasteiger partial charge in [0.1, 0.15) is 0 Å². The van der Waals surface area contributed by atoms with E-state index in [1.165, 1.54) is 23.9 Å². The minimum Gasteiger partial charge on any atom is -0.378 e. The second-order valence-corrected chi connectivity index (χ2v) is 7.48. The van der Waals surface area contributed by atoms with Crippen LogP contribution >= 0.6 is 0 Å². The lowest BCUT2D eigenvalue weighted by Crippen LogP contribution is -2.32. The van der Waals surface area contributed by atoms with Crippen LogP contribution in [0.3, 0.4) is 0 Å².